The first kappa shape index (κ1) is 8.58. The standard InChI is InChI=1S/C9H11N5/c10-9(14-11)13-8-5-12-7-4-2-1-3-6(7)8/h1-5,12H,11H2,(H3,10,13,14). The van der Waals surface area contributed by atoms with Crippen LogP contribution in [-0.4, -0.2) is 10.9 Å². The Bertz CT molecular complexity index is 471. The molecule has 0 atom stereocenters. The third-order valence-corrected chi connectivity index (χ3v) is 1.96. The first-order valence-electron chi connectivity index (χ1n) is 4.18. The minimum absolute atomic E-state index is 0.190. The summed E-state index contributed by atoms with van der Waals surface area (Å²) in [6.07, 6.45) is 1.79. The molecule has 0 radical (unpaired) electrons. The molecular formula is C9H11N5. The number of para-hydroxylation sites is 1. The van der Waals surface area contributed by atoms with Crippen LogP contribution in [0.5, 0.6) is 0 Å². The molecule has 1 heterocycles. The molecule has 1 aromatic carbocycles. The number of benzene rings is 1. The second kappa shape index (κ2) is 3.39. The van der Waals surface area contributed by atoms with Crippen LogP contribution in [0.1, 0.15) is 0 Å². The zero-order valence-electron chi connectivity index (χ0n) is 7.49. The predicted octanol–water partition coefficient (Wildman–Crippen LogP) is 0.577. The summed E-state index contributed by atoms with van der Waals surface area (Å²) in [7, 11) is 0. The van der Waals surface area contributed by atoms with Crippen molar-refractivity contribution in [2.75, 3.05) is 0 Å². The van der Waals surface area contributed by atoms with Crippen molar-refractivity contribution >= 4 is 22.5 Å². The van der Waals surface area contributed by atoms with Gasteiger partial charge in [0.1, 0.15) is 0 Å². The monoisotopic (exact) mass is 189 g/mol. The van der Waals surface area contributed by atoms with Gasteiger partial charge in [-0.25, -0.2) is 10.8 Å². The van der Waals surface area contributed by atoms with Gasteiger partial charge in [0.05, 0.1) is 5.69 Å². The third kappa shape index (κ3) is 1.40. The minimum atomic E-state index is 0.190. The maximum absolute atomic E-state index is 5.46. The molecule has 6 N–H and O–H groups in total. The number of aromatic nitrogens is 1. The molecule has 5 heteroatoms. The second-order valence-electron chi connectivity index (χ2n) is 2.86. The van der Waals surface area contributed by atoms with E-state index in [9.17, 15) is 0 Å². The van der Waals surface area contributed by atoms with Crippen LogP contribution < -0.4 is 17.0 Å². The highest BCUT2D eigenvalue weighted by atomic mass is 15.3. The molecule has 0 amide bonds. The molecule has 2 rings (SSSR count). The van der Waals surface area contributed by atoms with Crippen molar-refractivity contribution in [3.8, 4) is 0 Å². The maximum atomic E-state index is 5.46. The molecule has 0 aliphatic heterocycles. The van der Waals surface area contributed by atoms with E-state index in [4.69, 9.17) is 11.6 Å². The Hall–Kier alpha value is -2.01. The SMILES string of the molecule is NNC(N)=Nc1c[nH]c2ccccc12. The Morgan fingerprint density at radius 2 is 2.14 bits per heavy atom. The zero-order valence-corrected chi connectivity index (χ0v) is 7.49. The number of nitrogens with one attached hydrogen (secondary N) is 2. The number of fused-ring (bicyclic) bond motifs is 1. The molecule has 0 aliphatic carbocycles. The van der Waals surface area contributed by atoms with Crippen molar-refractivity contribution in [1.82, 2.24) is 10.4 Å². The van der Waals surface area contributed by atoms with Crippen LogP contribution in [0.15, 0.2) is 35.5 Å². The lowest BCUT2D eigenvalue weighted by Gasteiger charge is -1.96. The van der Waals surface area contributed by atoms with E-state index in [-0.39, 0.29) is 5.96 Å². The Labute approximate surface area is 80.8 Å². The summed E-state index contributed by atoms with van der Waals surface area (Å²) in [4.78, 5) is 7.18. The molecule has 2 aromatic rings. The lowest BCUT2D eigenvalue weighted by molar-refractivity contribution is 1.01. The average Bonchev–Trinajstić information content (AvgIpc) is 2.62. The topological polar surface area (TPSA) is 92.2 Å². The Balaban J connectivity index is 2.53. The molecule has 0 fully saturated rings. The number of aliphatic imine (C=N–C) groups is 1. The number of hydrogen-bond donors (Lipinski definition) is 4. The van der Waals surface area contributed by atoms with Crippen LogP contribution in [0.2, 0.25) is 0 Å². The van der Waals surface area contributed by atoms with Gasteiger partial charge in [0.15, 0.2) is 0 Å². The smallest absolute Gasteiger partial charge is 0.208 e. The molecule has 0 spiro atoms. The van der Waals surface area contributed by atoms with E-state index < -0.39 is 0 Å². The maximum Gasteiger partial charge on any atom is 0.208 e. The largest absolute Gasteiger partial charge is 0.369 e. The zero-order chi connectivity index (χ0) is 9.97. The second-order valence-corrected chi connectivity index (χ2v) is 2.86. The van der Waals surface area contributed by atoms with Crippen LogP contribution >= 0.6 is 0 Å². The number of hydrogen-bond acceptors (Lipinski definition) is 2. The van der Waals surface area contributed by atoms with E-state index in [1.165, 1.54) is 0 Å². The van der Waals surface area contributed by atoms with Crippen LogP contribution in [0.3, 0.4) is 0 Å². The summed E-state index contributed by atoms with van der Waals surface area (Å²) in [6, 6.07) is 7.84. The van der Waals surface area contributed by atoms with Crippen LogP contribution in [0, 0.1) is 0 Å². The summed E-state index contributed by atoms with van der Waals surface area (Å²) >= 11 is 0. The third-order valence-electron chi connectivity index (χ3n) is 1.96. The van der Waals surface area contributed by atoms with E-state index in [1.54, 1.807) is 6.20 Å². The number of H-pyrrole nitrogens is 1. The first-order valence-corrected chi connectivity index (χ1v) is 4.18. The number of nitrogens with two attached hydrogens (primary N) is 2. The van der Waals surface area contributed by atoms with Crippen LogP contribution in [0.4, 0.5) is 5.69 Å². The highest BCUT2D eigenvalue weighted by molar-refractivity contribution is 5.94. The van der Waals surface area contributed by atoms with Gasteiger partial charge in [0.25, 0.3) is 0 Å². The van der Waals surface area contributed by atoms with Gasteiger partial charge in [0.2, 0.25) is 5.96 Å². The highest BCUT2D eigenvalue weighted by Crippen LogP contribution is 2.24. The number of rotatable bonds is 1. The van der Waals surface area contributed by atoms with Crippen LogP contribution in [0.25, 0.3) is 10.9 Å². The van der Waals surface area contributed by atoms with Crippen molar-refractivity contribution in [3.05, 3.63) is 30.5 Å². The summed E-state index contributed by atoms with van der Waals surface area (Å²) < 4.78 is 0. The van der Waals surface area contributed by atoms with Gasteiger partial charge >= 0.3 is 0 Å². The van der Waals surface area contributed by atoms with Crippen molar-refractivity contribution in [3.63, 3.8) is 0 Å². The Morgan fingerprint density at radius 1 is 1.36 bits per heavy atom. The quantitative estimate of drug-likeness (QED) is 0.229. The van der Waals surface area contributed by atoms with Crippen molar-refractivity contribution in [1.29, 1.82) is 0 Å². The van der Waals surface area contributed by atoms with E-state index in [0.29, 0.717) is 0 Å². The Kier molecular flexibility index (Phi) is 2.08. The van der Waals surface area contributed by atoms with E-state index in [1.807, 2.05) is 24.3 Å². The van der Waals surface area contributed by atoms with Gasteiger partial charge in [0, 0.05) is 17.1 Å². The van der Waals surface area contributed by atoms with Crippen molar-refractivity contribution < 1.29 is 0 Å². The first-order chi connectivity index (χ1) is 6.81. The fourth-order valence-electron chi connectivity index (χ4n) is 1.31. The number of hydrazine groups is 1. The molecule has 5 nitrogen and oxygen atoms in total. The fourth-order valence-corrected chi connectivity index (χ4v) is 1.31. The van der Waals surface area contributed by atoms with Crippen molar-refractivity contribution in [2.45, 2.75) is 0 Å². The van der Waals surface area contributed by atoms with Gasteiger partial charge < -0.3 is 10.7 Å². The molecule has 14 heavy (non-hydrogen) atoms. The van der Waals surface area contributed by atoms with E-state index >= 15 is 0 Å². The van der Waals surface area contributed by atoms with Gasteiger partial charge in [-0.2, -0.15) is 0 Å². The molecule has 0 saturated heterocycles. The Morgan fingerprint density at radius 3 is 2.93 bits per heavy atom. The number of aromatic amines is 1. The molecule has 0 unspecified atom stereocenters. The summed E-state index contributed by atoms with van der Waals surface area (Å²) in [5.41, 5.74) is 9.54. The number of nitrogens with zero attached hydrogens (tertiary/aromatic N) is 1. The predicted molar refractivity (Wildman–Crippen MR) is 56.9 cm³/mol. The number of guanidine groups is 1. The van der Waals surface area contributed by atoms with Gasteiger partial charge in [-0.05, 0) is 6.07 Å². The average molecular weight is 189 g/mol. The van der Waals surface area contributed by atoms with Crippen LogP contribution in [-0.2, 0) is 0 Å². The normalized spacial score (nSPS) is 11.9. The van der Waals surface area contributed by atoms with E-state index in [2.05, 4.69) is 15.4 Å². The summed E-state index contributed by atoms with van der Waals surface area (Å²) in [5.74, 6) is 5.31. The fraction of sp³-hybridized carbons (Fsp3) is 0. The summed E-state index contributed by atoms with van der Waals surface area (Å²) in [5, 5.41) is 1.02. The molecular weight excluding hydrogens is 178 g/mol. The highest BCUT2D eigenvalue weighted by Gasteiger charge is 2.00. The molecule has 0 saturated carbocycles. The van der Waals surface area contributed by atoms with E-state index in [0.717, 1.165) is 16.6 Å². The lowest BCUT2D eigenvalue weighted by Crippen LogP contribution is -2.36. The van der Waals surface area contributed by atoms with Gasteiger partial charge in [-0.1, -0.05) is 18.2 Å². The molecule has 72 valence electrons. The minimum Gasteiger partial charge on any atom is -0.369 e. The molecule has 1 aromatic heterocycles. The van der Waals surface area contributed by atoms with Gasteiger partial charge in [-0.15, -0.1) is 0 Å². The lowest BCUT2D eigenvalue weighted by atomic mass is 10.2. The summed E-state index contributed by atoms with van der Waals surface area (Å²) in [6.45, 7) is 0. The van der Waals surface area contributed by atoms with Crippen molar-refractivity contribution in [2.24, 2.45) is 16.6 Å². The molecule has 0 aliphatic rings. The van der Waals surface area contributed by atoms with Gasteiger partial charge in [-0.3, -0.25) is 5.43 Å². The molecule has 0 bridgehead atoms.